The molecule has 2 aromatic heterocycles. The summed E-state index contributed by atoms with van der Waals surface area (Å²) in [4.78, 5) is 23.0. The highest BCUT2D eigenvalue weighted by atomic mass is 32.2. The molecular formula is C20H28FN5O2S. The van der Waals surface area contributed by atoms with Crippen molar-refractivity contribution in [1.82, 2.24) is 18.8 Å². The number of carbonyl (C=O) groups excluding carboxylic acids is 1. The topological polar surface area (TPSA) is 64.8 Å². The van der Waals surface area contributed by atoms with Gasteiger partial charge >= 0.3 is 0 Å². The van der Waals surface area contributed by atoms with E-state index in [4.69, 9.17) is 5.11 Å². The first kappa shape index (κ1) is 20.4. The molecule has 0 unspecified atom stereocenters. The van der Waals surface area contributed by atoms with E-state index in [0.29, 0.717) is 23.9 Å². The molecule has 1 saturated heterocycles. The number of halogens is 1. The molecule has 0 spiro atoms. The molecule has 9 heteroatoms. The molecule has 0 radical (unpaired) electrons. The highest BCUT2D eigenvalue weighted by molar-refractivity contribution is 7.92. The molecule has 3 aliphatic rings. The molecule has 0 atom stereocenters. The summed E-state index contributed by atoms with van der Waals surface area (Å²) in [6, 6.07) is 2.30. The van der Waals surface area contributed by atoms with Gasteiger partial charge in [-0.15, -0.1) is 3.89 Å². The first-order chi connectivity index (χ1) is 14.0. The zero-order valence-electron chi connectivity index (χ0n) is 16.9. The summed E-state index contributed by atoms with van der Waals surface area (Å²) in [5.41, 5.74) is 2.13. The highest BCUT2D eigenvalue weighted by Gasteiger charge is 2.34. The van der Waals surface area contributed by atoms with Gasteiger partial charge in [0.05, 0.1) is 24.0 Å². The molecule has 2 aromatic rings. The Morgan fingerprint density at radius 2 is 1.93 bits per heavy atom. The van der Waals surface area contributed by atoms with Crippen molar-refractivity contribution in [2.24, 2.45) is 0 Å². The van der Waals surface area contributed by atoms with Crippen molar-refractivity contribution in [3.8, 4) is 0 Å². The van der Waals surface area contributed by atoms with Gasteiger partial charge in [-0.25, -0.2) is 8.96 Å². The minimum Gasteiger partial charge on any atom is -0.390 e. The number of aliphatic hydroxyl groups is 1. The van der Waals surface area contributed by atoms with Gasteiger partial charge in [0, 0.05) is 44.0 Å². The Kier molecular flexibility index (Phi) is 5.98. The predicted octanol–water partition coefficient (Wildman–Crippen LogP) is 2.89. The number of β-amino-alcohol motifs (C(OH)–C–C–N with tert-alkyl or cyclic N) is 1. The lowest BCUT2D eigenvalue weighted by molar-refractivity contribution is 0.0196. The Bertz CT molecular complexity index is 873. The van der Waals surface area contributed by atoms with E-state index in [0.717, 1.165) is 37.0 Å². The number of rotatable bonds is 2. The van der Waals surface area contributed by atoms with E-state index in [1.807, 2.05) is 20.2 Å². The van der Waals surface area contributed by atoms with Crippen LogP contribution in [0.2, 0.25) is 0 Å². The monoisotopic (exact) mass is 421 g/mol. The van der Waals surface area contributed by atoms with Crippen molar-refractivity contribution < 1.29 is 13.8 Å². The third kappa shape index (κ3) is 3.95. The zero-order chi connectivity index (χ0) is 20.5. The average molecular weight is 422 g/mol. The molecule has 29 heavy (non-hydrogen) atoms. The summed E-state index contributed by atoms with van der Waals surface area (Å²) in [5.74, 6) is -0.0119. The highest BCUT2D eigenvalue weighted by Crippen LogP contribution is 2.38. The second-order valence-corrected chi connectivity index (χ2v) is 8.78. The van der Waals surface area contributed by atoms with Gasteiger partial charge in [0.2, 0.25) is 0 Å². The number of carbonyl (C=O) groups is 1. The first-order valence-corrected chi connectivity index (χ1v) is 10.8. The number of hydrogen-bond donors (Lipinski definition) is 1. The Morgan fingerprint density at radius 3 is 2.52 bits per heavy atom. The van der Waals surface area contributed by atoms with E-state index in [1.54, 1.807) is 17.3 Å². The van der Waals surface area contributed by atoms with Gasteiger partial charge in [0.15, 0.2) is 18.0 Å². The molecular weight excluding hydrogens is 393 g/mol. The van der Waals surface area contributed by atoms with Crippen molar-refractivity contribution in [3.63, 3.8) is 0 Å². The Balaban J connectivity index is 0.000000294. The quantitative estimate of drug-likeness (QED) is 0.805. The lowest BCUT2D eigenvalue weighted by Crippen LogP contribution is -2.50. The van der Waals surface area contributed by atoms with Crippen LogP contribution in [0.25, 0.3) is 11.0 Å². The summed E-state index contributed by atoms with van der Waals surface area (Å²) < 4.78 is 14.5. The number of anilines is 1. The SMILES string of the molecule is CN1CC(O)C1.CN1CN(C2CCCCC2)c2c(cnc3c2ccn3SF)C1=O. The number of amides is 1. The van der Waals surface area contributed by atoms with Gasteiger partial charge in [0.25, 0.3) is 5.91 Å². The number of likely N-dealkylation sites (N-methyl/N-ethyl adjacent to an activating group) is 1. The number of fused-ring (bicyclic) bond motifs is 3. The van der Waals surface area contributed by atoms with Crippen molar-refractivity contribution in [3.05, 3.63) is 24.0 Å². The first-order valence-electron chi connectivity index (χ1n) is 10.2. The Morgan fingerprint density at radius 1 is 1.21 bits per heavy atom. The second kappa shape index (κ2) is 8.49. The summed E-state index contributed by atoms with van der Waals surface area (Å²) in [6.45, 7) is 2.31. The van der Waals surface area contributed by atoms with Crippen LogP contribution in [0, 0.1) is 0 Å². The van der Waals surface area contributed by atoms with E-state index < -0.39 is 0 Å². The van der Waals surface area contributed by atoms with Gasteiger partial charge in [-0.3, -0.25) is 4.79 Å². The number of hydrogen-bond acceptors (Lipinski definition) is 6. The normalized spacial score (nSPS) is 21.0. The van der Waals surface area contributed by atoms with E-state index in [-0.39, 0.29) is 24.3 Å². The molecule has 1 N–H and O–H groups in total. The molecule has 5 rings (SSSR count). The second-order valence-electron chi connectivity index (χ2n) is 8.25. The van der Waals surface area contributed by atoms with Gasteiger partial charge in [-0.2, -0.15) is 0 Å². The van der Waals surface area contributed by atoms with E-state index >= 15 is 0 Å². The molecule has 7 nitrogen and oxygen atoms in total. The molecule has 2 aliphatic heterocycles. The third-order valence-corrected chi connectivity index (χ3v) is 6.46. The largest absolute Gasteiger partial charge is 0.390 e. The van der Waals surface area contributed by atoms with Crippen LogP contribution in [0.3, 0.4) is 0 Å². The standard InChI is InChI=1S/C16H19FN4OS.C4H9NO/c1-19-10-20(11-5-3-2-4-6-11)14-12-7-8-21(23-17)15(12)18-9-13(14)16(19)22;1-5-2-4(6)3-5/h7-9,11H,2-6,10H2,1H3;4,6H,2-3H2,1H3. The minimum absolute atomic E-state index is 0.0119. The zero-order valence-corrected chi connectivity index (χ0v) is 17.7. The number of likely N-dealkylation sites (tertiary alicyclic amines) is 1. The lowest BCUT2D eigenvalue weighted by atomic mass is 9.92. The maximum atomic E-state index is 13.1. The van der Waals surface area contributed by atoms with Crippen molar-refractivity contribution in [2.75, 3.05) is 38.8 Å². The summed E-state index contributed by atoms with van der Waals surface area (Å²) >= 11 is 0.134. The minimum atomic E-state index is -0.0324. The maximum absolute atomic E-state index is 13.1. The van der Waals surface area contributed by atoms with E-state index in [2.05, 4.69) is 14.8 Å². The van der Waals surface area contributed by atoms with Crippen molar-refractivity contribution in [1.29, 1.82) is 0 Å². The Labute approximate surface area is 174 Å². The van der Waals surface area contributed by atoms with Gasteiger partial charge in [-0.1, -0.05) is 19.3 Å². The fourth-order valence-electron chi connectivity index (χ4n) is 4.50. The van der Waals surface area contributed by atoms with Crippen molar-refractivity contribution in [2.45, 2.75) is 44.2 Å². The van der Waals surface area contributed by atoms with Gasteiger partial charge in [0.1, 0.15) is 0 Å². The Hall–Kier alpha value is -1.84. The fraction of sp³-hybridized carbons (Fsp3) is 0.600. The van der Waals surface area contributed by atoms with Crippen molar-refractivity contribution >= 4 is 35.0 Å². The molecule has 0 aromatic carbocycles. The van der Waals surface area contributed by atoms with Crippen LogP contribution in [-0.4, -0.2) is 75.8 Å². The summed E-state index contributed by atoms with van der Waals surface area (Å²) in [5, 5.41) is 9.44. The molecule has 2 fully saturated rings. The molecule has 0 bridgehead atoms. The fourth-order valence-corrected chi connectivity index (χ4v) is 4.81. The van der Waals surface area contributed by atoms with Crippen LogP contribution >= 0.6 is 12.3 Å². The van der Waals surface area contributed by atoms with Gasteiger partial charge in [-0.05, 0) is 26.0 Å². The van der Waals surface area contributed by atoms with Crippen LogP contribution < -0.4 is 4.90 Å². The van der Waals surface area contributed by atoms with Crippen LogP contribution in [0.4, 0.5) is 9.57 Å². The van der Waals surface area contributed by atoms with Crippen LogP contribution in [0.5, 0.6) is 0 Å². The number of aliphatic hydroxyl groups excluding tert-OH is 1. The lowest BCUT2D eigenvalue weighted by Gasteiger charge is -2.42. The molecule has 158 valence electrons. The summed E-state index contributed by atoms with van der Waals surface area (Å²) in [7, 11) is 3.82. The number of pyridine rings is 1. The predicted molar refractivity (Wildman–Crippen MR) is 114 cm³/mol. The van der Waals surface area contributed by atoms with E-state index in [1.165, 1.54) is 23.2 Å². The van der Waals surface area contributed by atoms with E-state index in [9.17, 15) is 8.68 Å². The molecule has 4 heterocycles. The van der Waals surface area contributed by atoms with Crippen LogP contribution in [0.15, 0.2) is 18.5 Å². The summed E-state index contributed by atoms with van der Waals surface area (Å²) in [6.07, 6.45) is 9.26. The third-order valence-electron chi connectivity index (χ3n) is 6.02. The van der Waals surface area contributed by atoms with Crippen LogP contribution in [-0.2, 0) is 0 Å². The molecule has 1 saturated carbocycles. The smallest absolute Gasteiger partial charge is 0.258 e. The number of aromatic nitrogens is 2. The number of nitrogens with zero attached hydrogens (tertiary/aromatic N) is 5. The average Bonchev–Trinajstić information content (AvgIpc) is 3.14. The molecule has 1 amide bonds. The van der Waals surface area contributed by atoms with Crippen LogP contribution in [0.1, 0.15) is 42.5 Å². The van der Waals surface area contributed by atoms with Gasteiger partial charge < -0.3 is 19.8 Å². The maximum Gasteiger partial charge on any atom is 0.258 e. The molecule has 1 aliphatic carbocycles.